The molecule has 0 aliphatic heterocycles. The topological polar surface area (TPSA) is 70.9 Å². The lowest BCUT2D eigenvalue weighted by Crippen LogP contribution is -2.20. The number of benzene rings is 2. The van der Waals surface area contributed by atoms with Gasteiger partial charge < -0.3 is 15.3 Å². The minimum absolute atomic E-state index is 0.151. The van der Waals surface area contributed by atoms with Crippen molar-refractivity contribution in [2.75, 3.05) is 11.9 Å². The van der Waals surface area contributed by atoms with E-state index >= 15 is 0 Å². The second-order valence-electron chi connectivity index (χ2n) is 4.14. The Morgan fingerprint density at radius 3 is 2.71 bits per heavy atom. The van der Waals surface area contributed by atoms with Gasteiger partial charge in [-0.1, -0.05) is 35.0 Å². The van der Waals surface area contributed by atoms with Crippen molar-refractivity contribution in [2.45, 2.75) is 0 Å². The van der Waals surface area contributed by atoms with Gasteiger partial charge in [-0.05, 0) is 35.9 Å². The molecule has 5 nitrogen and oxygen atoms in total. The van der Waals surface area contributed by atoms with E-state index in [1.165, 1.54) is 6.21 Å². The lowest BCUT2D eigenvalue weighted by atomic mass is 10.2. The Labute approximate surface area is 126 Å². The van der Waals surface area contributed by atoms with Crippen LogP contribution in [0.15, 0.2) is 53.7 Å². The third kappa shape index (κ3) is 4.50. The number of anilines is 1. The molecule has 0 aliphatic rings. The molecular weight excluding hydrogens is 292 g/mol. The van der Waals surface area contributed by atoms with Crippen LogP contribution in [0.4, 0.5) is 5.69 Å². The van der Waals surface area contributed by atoms with Gasteiger partial charge >= 0.3 is 0 Å². The molecule has 0 atom stereocenters. The maximum atomic E-state index is 11.7. The summed E-state index contributed by atoms with van der Waals surface area (Å²) in [4.78, 5) is 11.7. The third-order valence-electron chi connectivity index (χ3n) is 2.58. The highest BCUT2D eigenvalue weighted by molar-refractivity contribution is 6.32. The molecule has 6 heteroatoms. The van der Waals surface area contributed by atoms with Gasteiger partial charge in [-0.2, -0.15) is 0 Å². The zero-order chi connectivity index (χ0) is 15.1. The SMILES string of the molecule is O=C(COc1ccc(/C=N\O)cc1Cl)Nc1ccccc1. The van der Waals surface area contributed by atoms with Crippen molar-refractivity contribution in [1.29, 1.82) is 0 Å². The molecule has 0 unspecified atom stereocenters. The third-order valence-corrected chi connectivity index (χ3v) is 2.87. The molecule has 2 rings (SSSR count). The lowest BCUT2D eigenvalue weighted by Gasteiger charge is -2.09. The summed E-state index contributed by atoms with van der Waals surface area (Å²) in [5, 5.41) is 14.4. The fourth-order valence-corrected chi connectivity index (χ4v) is 1.89. The number of oxime groups is 1. The molecule has 2 aromatic carbocycles. The fraction of sp³-hybridized carbons (Fsp3) is 0.0667. The summed E-state index contributed by atoms with van der Waals surface area (Å²) in [6.07, 6.45) is 1.25. The Bertz CT molecular complexity index is 645. The van der Waals surface area contributed by atoms with Crippen LogP contribution in [0.3, 0.4) is 0 Å². The highest BCUT2D eigenvalue weighted by atomic mass is 35.5. The average molecular weight is 305 g/mol. The molecule has 0 fully saturated rings. The quantitative estimate of drug-likeness (QED) is 0.506. The van der Waals surface area contributed by atoms with E-state index in [-0.39, 0.29) is 12.5 Å². The van der Waals surface area contributed by atoms with Gasteiger partial charge in [0.15, 0.2) is 6.61 Å². The van der Waals surface area contributed by atoms with Crippen molar-refractivity contribution in [3.63, 3.8) is 0 Å². The second-order valence-corrected chi connectivity index (χ2v) is 4.54. The highest BCUT2D eigenvalue weighted by Crippen LogP contribution is 2.24. The summed E-state index contributed by atoms with van der Waals surface area (Å²) in [5.41, 5.74) is 1.33. The van der Waals surface area contributed by atoms with Gasteiger partial charge in [0.1, 0.15) is 5.75 Å². The summed E-state index contributed by atoms with van der Waals surface area (Å²) >= 11 is 6.01. The zero-order valence-corrected chi connectivity index (χ0v) is 11.7. The van der Waals surface area contributed by atoms with Crippen molar-refractivity contribution in [3.05, 3.63) is 59.1 Å². The number of nitrogens with zero attached hydrogens (tertiary/aromatic N) is 1. The highest BCUT2D eigenvalue weighted by Gasteiger charge is 2.06. The molecule has 0 radical (unpaired) electrons. The van der Waals surface area contributed by atoms with E-state index < -0.39 is 0 Å². The number of carbonyl (C=O) groups is 1. The molecule has 21 heavy (non-hydrogen) atoms. The minimum Gasteiger partial charge on any atom is -0.482 e. The molecule has 2 N–H and O–H groups in total. The predicted molar refractivity (Wildman–Crippen MR) is 81.4 cm³/mol. The Morgan fingerprint density at radius 1 is 1.29 bits per heavy atom. The molecule has 0 saturated carbocycles. The fourth-order valence-electron chi connectivity index (χ4n) is 1.64. The van der Waals surface area contributed by atoms with E-state index in [0.717, 1.165) is 0 Å². The molecule has 0 spiro atoms. The number of rotatable bonds is 5. The van der Waals surface area contributed by atoms with Gasteiger partial charge in [-0.25, -0.2) is 0 Å². The Morgan fingerprint density at radius 2 is 2.05 bits per heavy atom. The lowest BCUT2D eigenvalue weighted by molar-refractivity contribution is -0.118. The first-order valence-electron chi connectivity index (χ1n) is 6.14. The smallest absolute Gasteiger partial charge is 0.262 e. The van der Waals surface area contributed by atoms with E-state index in [0.29, 0.717) is 22.0 Å². The normalized spacial score (nSPS) is 10.5. The van der Waals surface area contributed by atoms with Crippen LogP contribution in [0.25, 0.3) is 0 Å². The summed E-state index contributed by atoms with van der Waals surface area (Å²) in [7, 11) is 0. The van der Waals surface area contributed by atoms with Crippen LogP contribution >= 0.6 is 11.6 Å². The number of carbonyl (C=O) groups excluding carboxylic acids is 1. The Kier molecular flexibility index (Phi) is 5.17. The summed E-state index contributed by atoms with van der Waals surface area (Å²) in [5.74, 6) is 0.105. The van der Waals surface area contributed by atoms with Gasteiger partial charge in [0.25, 0.3) is 5.91 Å². The molecule has 0 bridgehead atoms. The largest absolute Gasteiger partial charge is 0.482 e. The van der Waals surface area contributed by atoms with Crippen molar-refractivity contribution >= 4 is 29.4 Å². The monoisotopic (exact) mass is 304 g/mol. The molecule has 108 valence electrons. The molecular formula is C15H13ClN2O3. The number of hydrogen-bond acceptors (Lipinski definition) is 4. The maximum Gasteiger partial charge on any atom is 0.262 e. The number of amides is 1. The van der Waals surface area contributed by atoms with Gasteiger partial charge in [-0.3, -0.25) is 4.79 Å². The van der Waals surface area contributed by atoms with Crippen LogP contribution in [-0.2, 0) is 4.79 Å². The Balaban J connectivity index is 1.92. The molecule has 1 amide bonds. The minimum atomic E-state index is -0.279. The number of halogens is 1. The molecule has 0 heterocycles. The van der Waals surface area contributed by atoms with E-state index in [1.807, 2.05) is 18.2 Å². The standard InChI is InChI=1S/C15H13ClN2O3/c16-13-8-11(9-17-20)6-7-14(13)21-10-15(19)18-12-4-2-1-3-5-12/h1-9,20H,10H2,(H,18,19)/b17-9-. The van der Waals surface area contributed by atoms with Gasteiger partial charge in [-0.15, -0.1) is 0 Å². The predicted octanol–water partition coefficient (Wildman–Crippen LogP) is 3.17. The van der Waals surface area contributed by atoms with E-state index in [9.17, 15) is 4.79 Å². The summed E-state index contributed by atoms with van der Waals surface area (Å²) in [6, 6.07) is 13.9. The van der Waals surface area contributed by atoms with Crippen LogP contribution in [0.1, 0.15) is 5.56 Å². The van der Waals surface area contributed by atoms with E-state index in [4.69, 9.17) is 21.5 Å². The number of ether oxygens (including phenoxy) is 1. The molecule has 2 aromatic rings. The van der Waals surface area contributed by atoms with Crippen molar-refractivity contribution in [2.24, 2.45) is 5.16 Å². The van der Waals surface area contributed by atoms with Gasteiger partial charge in [0.2, 0.25) is 0 Å². The van der Waals surface area contributed by atoms with E-state index in [2.05, 4.69) is 10.5 Å². The molecule has 0 aromatic heterocycles. The average Bonchev–Trinajstić information content (AvgIpc) is 2.48. The Hall–Kier alpha value is -2.53. The number of hydrogen-bond donors (Lipinski definition) is 2. The second kappa shape index (κ2) is 7.31. The number of para-hydroxylation sites is 1. The van der Waals surface area contributed by atoms with Crippen molar-refractivity contribution in [3.8, 4) is 5.75 Å². The maximum absolute atomic E-state index is 11.7. The summed E-state index contributed by atoms with van der Waals surface area (Å²) in [6.45, 7) is -0.151. The van der Waals surface area contributed by atoms with Crippen molar-refractivity contribution < 1.29 is 14.7 Å². The number of nitrogens with one attached hydrogen (secondary N) is 1. The van der Waals surface area contributed by atoms with Crippen LogP contribution < -0.4 is 10.1 Å². The first-order valence-corrected chi connectivity index (χ1v) is 6.51. The van der Waals surface area contributed by atoms with Crippen LogP contribution in [0, 0.1) is 0 Å². The van der Waals surface area contributed by atoms with Crippen molar-refractivity contribution in [1.82, 2.24) is 0 Å². The first-order chi connectivity index (χ1) is 10.2. The van der Waals surface area contributed by atoms with Crippen LogP contribution in [-0.4, -0.2) is 23.9 Å². The molecule has 0 aliphatic carbocycles. The van der Waals surface area contributed by atoms with Crippen LogP contribution in [0.5, 0.6) is 5.75 Å². The van der Waals surface area contributed by atoms with Crippen LogP contribution in [0.2, 0.25) is 5.02 Å². The first kappa shape index (κ1) is 14.9. The van der Waals surface area contributed by atoms with E-state index in [1.54, 1.807) is 30.3 Å². The zero-order valence-electron chi connectivity index (χ0n) is 11.0. The van der Waals surface area contributed by atoms with Gasteiger partial charge in [0.05, 0.1) is 11.2 Å². The molecule has 0 saturated heterocycles. The summed E-state index contributed by atoms with van der Waals surface area (Å²) < 4.78 is 5.35. The van der Waals surface area contributed by atoms with Gasteiger partial charge in [0, 0.05) is 5.69 Å².